The minimum atomic E-state index is -4.61. The molecule has 1 aromatic heterocycles. The molecule has 1 amide bonds. The van der Waals surface area contributed by atoms with Crippen molar-refractivity contribution in [1.29, 1.82) is 5.41 Å². The second-order valence-electron chi connectivity index (χ2n) is 10.7. The first-order chi connectivity index (χ1) is 20.3. The van der Waals surface area contributed by atoms with Crippen LogP contribution in [0.1, 0.15) is 36.8 Å². The van der Waals surface area contributed by atoms with Gasteiger partial charge < -0.3 is 20.2 Å². The lowest BCUT2D eigenvalue weighted by atomic mass is 9.97. The van der Waals surface area contributed by atoms with Crippen molar-refractivity contribution in [2.24, 2.45) is 0 Å². The third kappa shape index (κ3) is 5.06. The highest BCUT2D eigenvalue weighted by molar-refractivity contribution is 7.91. The summed E-state index contributed by atoms with van der Waals surface area (Å²) in [4.78, 5) is 18.6. The van der Waals surface area contributed by atoms with Gasteiger partial charge in [0.25, 0.3) is 0 Å². The van der Waals surface area contributed by atoms with Gasteiger partial charge in [-0.15, -0.1) is 0 Å². The van der Waals surface area contributed by atoms with Crippen molar-refractivity contribution in [2.45, 2.75) is 43.9 Å². The number of anilines is 2. The van der Waals surface area contributed by atoms with Gasteiger partial charge in [-0.1, -0.05) is 24.8 Å². The fraction of sp³-hybridized carbons (Fsp3) is 0.300. The predicted molar refractivity (Wildman–Crippen MR) is 155 cm³/mol. The number of nitrogens with one attached hydrogen (secondary N) is 2. The van der Waals surface area contributed by atoms with Gasteiger partial charge in [-0.2, -0.15) is 0 Å². The third-order valence-corrected chi connectivity index (χ3v) is 9.69. The molecular weight excluding hydrogens is 583 g/mol. The van der Waals surface area contributed by atoms with Crippen molar-refractivity contribution in [1.82, 2.24) is 14.8 Å². The summed E-state index contributed by atoms with van der Waals surface area (Å²) < 4.78 is 76.1. The number of nitrogens with zero attached hydrogens (tertiary/aromatic N) is 3. The maximum atomic E-state index is 16.7. The molecule has 3 unspecified atom stereocenters. The van der Waals surface area contributed by atoms with E-state index in [0.29, 0.717) is 5.56 Å². The van der Waals surface area contributed by atoms with Crippen molar-refractivity contribution in [2.75, 3.05) is 24.2 Å². The Hall–Kier alpha value is -4.23. The highest BCUT2D eigenvalue weighted by Gasteiger charge is 2.45. The highest BCUT2D eigenvalue weighted by atomic mass is 32.2. The number of hydrogen-bond donors (Lipinski definition) is 3. The molecule has 1 saturated heterocycles. The van der Waals surface area contributed by atoms with E-state index in [9.17, 15) is 18.3 Å². The van der Waals surface area contributed by atoms with Gasteiger partial charge in [0.1, 0.15) is 16.5 Å². The van der Waals surface area contributed by atoms with Crippen molar-refractivity contribution in [3.8, 4) is 11.1 Å². The van der Waals surface area contributed by atoms with Gasteiger partial charge in [0.05, 0.1) is 46.1 Å². The number of benzene rings is 2. The van der Waals surface area contributed by atoms with E-state index in [2.05, 4.69) is 16.9 Å². The molecule has 0 spiro atoms. The van der Waals surface area contributed by atoms with Crippen LogP contribution in [0, 0.1) is 29.8 Å². The number of piperazine rings is 1. The van der Waals surface area contributed by atoms with Crippen LogP contribution in [0.2, 0.25) is 0 Å². The number of aliphatic hydroxyl groups is 1. The van der Waals surface area contributed by atoms with Gasteiger partial charge in [-0.3, -0.25) is 15.2 Å². The van der Waals surface area contributed by atoms with Crippen molar-refractivity contribution >= 4 is 33.0 Å². The van der Waals surface area contributed by atoms with Crippen LogP contribution in [0.4, 0.5) is 24.5 Å². The summed E-state index contributed by atoms with van der Waals surface area (Å²) in [5.41, 5.74) is -1.90. The summed E-state index contributed by atoms with van der Waals surface area (Å²) in [6.07, 6.45) is 1.39. The molecule has 9 nitrogen and oxygen atoms in total. The maximum absolute atomic E-state index is 16.7. The van der Waals surface area contributed by atoms with E-state index in [-0.39, 0.29) is 24.5 Å². The van der Waals surface area contributed by atoms with Crippen molar-refractivity contribution in [3.05, 3.63) is 83.5 Å². The molecule has 3 aromatic rings. The lowest BCUT2D eigenvalue weighted by molar-refractivity contribution is -0.130. The molecule has 0 bridgehead atoms. The largest absolute Gasteiger partial charge is 0.387 e. The van der Waals surface area contributed by atoms with E-state index in [0.717, 1.165) is 18.2 Å². The van der Waals surface area contributed by atoms with Crippen molar-refractivity contribution < 1.29 is 31.5 Å². The van der Waals surface area contributed by atoms with E-state index in [4.69, 9.17) is 5.41 Å². The van der Waals surface area contributed by atoms with Crippen LogP contribution in [0.5, 0.6) is 0 Å². The minimum Gasteiger partial charge on any atom is -0.387 e. The number of rotatable bonds is 5. The zero-order valence-electron chi connectivity index (χ0n) is 23.7. The topological polar surface area (TPSA) is 127 Å². The monoisotopic (exact) mass is 613 g/mol. The molecule has 5 rings (SSSR count). The summed E-state index contributed by atoms with van der Waals surface area (Å²) in [6.45, 7) is 8.17. The number of fused-ring (bicyclic) bond motifs is 2. The van der Waals surface area contributed by atoms with Crippen LogP contribution in [-0.4, -0.2) is 71.0 Å². The molecule has 3 atom stereocenters. The zero-order valence-corrected chi connectivity index (χ0v) is 24.5. The molecule has 0 radical (unpaired) electrons. The number of amidine groups is 1. The summed E-state index contributed by atoms with van der Waals surface area (Å²) >= 11 is 0. The number of hydrogen-bond acceptors (Lipinski definition) is 7. The van der Waals surface area contributed by atoms with Gasteiger partial charge in [0.2, 0.25) is 5.91 Å². The van der Waals surface area contributed by atoms with Crippen LogP contribution in [0.3, 0.4) is 0 Å². The second-order valence-corrected chi connectivity index (χ2v) is 12.7. The lowest BCUT2D eigenvalue weighted by Gasteiger charge is -2.45. The summed E-state index contributed by atoms with van der Waals surface area (Å²) in [5.74, 6) is -5.46. The molecule has 226 valence electrons. The summed E-state index contributed by atoms with van der Waals surface area (Å²) in [7, 11) is -4.61. The Morgan fingerprint density at radius 3 is 2.51 bits per heavy atom. The number of aliphatic hydroxyl groups excluding tert-OH is 1. The number of sulfone groups is 1. The third-order valence-electron chi connectivity index (χ3n) is 7.86. The van der Waals surface area contributed by atoms with Crippen LogP contribution >= 0.6 is 0 Å². The SMILES string of the molecule is C=CC(=O)N1CC2CS(=O)(=O)c3c(F)c(-c4ccccc4F)c(F)c(Nc4c(C)ccnc4C(C)O)c3C(=N)N2CC1C. The van der Waals surface area contributed by atoms with Crippen molar-refractivity contribution in [3.63, 3.8) is 0 Å². The van der Waals surface area contributed by atoms with Gasteiger partial charge >= 0.3 is 0 Å². The van der Waals surface area contributed by atoms with E-state index >= 15 is 13.2 Å². The Morgan fingerprint density at radius 2 is 1.86 bits per heavy atom. The number of aromatic nitrogens is 1. The van der Waals surface area contributed by atoms with Crippen LogP contribution in [0.25, 0.3) is 11.1 Å². The summed E-state index contributed by atoms with van der Waals surface area (Å²) in [5, 5.41) is 22.4. The standard InChI is InChI=1S/C30H30F3N5O4S/c1-5-21(40)37-13-18-14-43(41,42)29-23(30(34)38(18)12-16(37)3)28(36-26-15(2)10-11-35-27(26)17(4)39)24(32)22(25(29)33)19-8-6-7-9-20(19)31/h5-11,16-18,34,36,39H,1,12-14H2,2-4H3. The number of pyridine rings is 1. The Morgan fingerprint density at radius 1 is 1.16 bits per heavy atom. The number of amides is 1. The van der Waals surface area contributed by atoms with Gasteiger partial charge in [0, 0.05) is 30.9 Å². The molecule has 2 aliphatic rings. The van der Waals surface area contributed by atoms with E-state index < -0.39 is 90.2 Å². The van der Waals surface area contributed by atoms with E-state index in [1.54, 1.807) is 19.9 Å². The molecule has 0 saturated carbocycles. The molecule has 3 heterocycles. The average Bonchev–Trinajstić information content (AvgIpc) is 3.03. The molecule has 13 heteroatoms. The number of carbonyl (C=O) groups excluding carboxylic acids is 1. The fourth-order valence-corrected chi connectivity index (χ4v) is 7.59. The van der Waals surface area contributed by atoms with E-state index in [1.165, 1.54) is 35.1 Å². The molecule has 2 aliphatic heterocycles. The molecule has 1 fully saturated rings. The fourth-order valence-electron chi connectivity index (χ4n) is 5.75. The smallest absolute Gasteiger partial charge is 0.246 e. The first kappa shape index (κ1) is 30.2. The predicted octanol–water partition coefficient (Wildman–Crippen LogP) is 4.47. The molecule has 43 heavy (non-hydrogen) atoms. The molecular formula is C30H30F3N5O4S. The number of aryl methyl sites for hydroxylation is 1. The average molecular weight is 614 g/mol. The highest BCUT2D eigenvalue weighted by Crippen LogP contribution is 2.44. The Kier molecular flexibility index (Phi) is 7.82. The molecule has 3 N–H and O–H groups in total. The molecule has 2 aromatic carbocycles. The molecule has 0 aliphatic carbocycles. The van der Waals surface area contributed by atoms with Gasteiger partial charge in [-0.05, 0) is 44.5 Å². The first-order valence-electron chi connectivity index (χ1n) is 13.5. The van der Waals surface area contributed by atoms with Gasteiger partial charge in [0.15, 0.2) is 21.5 Å². The second kappa shape index (κ2) is 11.1. The Balaban J connectivity index is 1.83. The minimum absolute atomic E-state index is 0.000622. The first-order valence-corrected chi connectivity index (χ1v) is 15.1. The zero-order chi connectivity index (χ0) is 31.4. The number of halogens is 3. The quantitative estimate of drug-likeness (QED) is 0.286. The van der Waals surface area contributed by atoms with Gasteiger partial charge in [-0.25, -0.2) is 21.6 Å². The van der Waals surface area contributed by atoms with Crippen LogP contribution < -0.4 is 5.32 Å². The Labute approximate surface area is 247 Å². The normalized spacial score (nSPS) is 20.1. The number of carbonyl (C=O) groups is 1. The summed E-state index contributed by atoms with van der Waals surface area (Å²) in [6, 6.07) is 4.92. The van der Waals surface area contributed by atoms with Crippen LogP contribution in [0.15, 0.2) is 54.1 Å². The lowest BCUT2D eigenvalue weighted by Crippen LogP contribution is -2.61. The van der Waals surface area contributed by atoms with Crippen LogP contribution in [-0.2, 0) is 14.6 Å². The maximum Gasteiger partial charge on any atom is 0.246 e. The Bertz CT molecular complexity index is 1780. The van der Waals surface area contributed by atoms with E-state index in [1.807, 2.05) is 0 Å².